The van der Waals surface area contributed by atoms with Gasteiger partial charge >= 0.3 is 0 Å². The van der Waals surface area contributed by atoms with Gasteiger partial charge in [0.2, 0.25) is 5.91 Å². The summed E-state index contributed by atoms with van der Waals surface area (Å²) in [4.78, 5) is 14.5. The van der Waals surface area contributed by atoms with Crippen LogP contribution in [0.4, 0.5) is 0 Å². The molecule has 0 atom stereocenters. The Bertz CT molecular complexity index is 1010. The van der Waals surface area contributed by atoms with Crippen molar-refractivity contribution in [2.75, 3.05) is 21.3 Å². The summed E-state index contributed by atoms with van der Waals surface area (Å²) < 4.78 is 12.6. The fourth-order valence-electron chi connectivity index (χ4n) is 2.86. The van der Waals surface area contributed by atoms with Gasteiger partial charge in [-0.3, -0.25) is 14.5 Å². The largest absolute Gasteiger partial charge is 0.497 e. The van der Waals surface area contributed by atoms with Crippen LogP contribution in [0.3, 0.4) is 0 Å². The maximum absolute atomic E-state index is 12.8. The number of hydrogen-bond acceptors (Lipinski definition) is 5. The molecule has 0 saturated heterocycles. The molecule has 7 nitrogen and oxygen atoms in total. The van der Waals surface area contributed by atoms with Crippen LogP contribution in [0.1, 0.15) is 5.56 Å². The van der Waals surface area contributed by atoms with Crippen LogP contribution in [0, 0.1) is 4.77 Å². The first-order valence-corrected chi connectivity index (χ1v) is 9.09. The van der Waals surface area contributed by atoms with Crippen molar-refractivity contribution in [3.63, 3.8) is 0 Å². The number of methoxy groups -OCH3 is 2. The Morgan fingerprint density at radius 1 is 1.14 bits per heavy atom. The number of benzene rings is 2. The van der Waals surface area contributed by atoms with Crippen LogP contribution < -0.4 is 9.47 Å². The minimum Gasteiger partial charge on any atom is -0.497 e. The van der Waals surface area contributed by atoms with Gasteiger partial charge in [0.1, 0.15) is 18.0 Å². The van der Waals surface area contributed by atoms with E-state index in [0.29, 0.717) is 17.1 Å². The molecule has 0 fully saturated rings. The summed E-state index contributed by atoms with van der Waals surface area (Å²) in [6.07, 6.45) is 0. The van der Waals surface area contributed by atoms with Crippen molar-refractivity contribution >= 4 is 18.1 Å². The second-order valence-corrected chi connectivity index (χ2v) is 6.62. The molecule has 0 aliphatic rings. The van der Waals surface area contributed by atoms with E-state index in [1.165, 1.54) is 0 Å². The van der Waals surface area contributed by atoms with Gasteiger partial charge in [-0.25, -0.2) is 0 Å². The van der Waals surface area contributed by atoms with Gasteiger partial charge in [0.05, 0.1) is 14.2 Å². The van der Waals surface area contributed by atoms with Crippen molar-refractivity contribution in [1.29, 1.82) is 0 Å². The third-order valence-corrected chi connectivity index (χ3v) is 4.74. The number of nitrogens with one attached hydrogen (secondary N) is 1. The number of H-pyrrole nitrogens is 1. The highest BCUT2D eigenvalue weighted by molar-refractivity contribution is 7.71. The molecule has 0 bridgehead atoms. The Hall–Kier alpha value is -3.13. The monoisotopic (exact) mass is 398 g/mol. The molecule has 0 aliphatic carbocycles. The Morgan fingerprint density at radius 2 is 1.86 bits per heavy atom. The Labute approximate surface area is 168 Å². The Kier molecular flexibility index (Phi) is 6.10. The summed E-state index contributed by atoms with van der Waals surface area (Å²) in [6.45, 7) is 0.522. The SMILES string of the molecule is COc1ccc(-c2n[nH]c(=S)n2CC(=O)N(C)Cc2ccccc2OC)cc1. The van der Waals surface area contributed by atoms with Gasteiger partial charge < -0.3 is 14.4 Å². The number of likely N-dealkylation sites (N-methyl/N-ethyl adjacent to an activating group) is 1. The molecular formula is C20H22N4O3S. The summed E-state index contributed by atoms with van der Waals surface area (Å²) in [6, 6.07) is 15.1. The first kappa shape index (κ1) is 19.6. The van der Waals surface area contributed by atoms with E-state index < -0.39 is 0 Å². The van der Waals surface area contributed by atoms with E-state index in [1.54, 1.807) is 30.7 Å². The molecule has 8 heteroatoms. The highest BCUT2D eigenvalue weighted by atomic mass is 32.1. The van der Waals surface area contributed by atoms with Gasteiger partial charge in [0, 0.05) is 24.7 Å². The van der Waals surface area contributed by atoms with E-state index in [4.69, 9.17) is 21.7 Å². The molecule has 1 N–H and O–H groups in total. The third-order valence-electron chi connectivity index (χ3n) is 4.43. The van der Waals surface area contributed by atoms with Gasteiger partial charge in [-0.05, 0) is 42.5 Å². The average molecular weight is 398 g/mol. The molecule has 28 heavy (non-hydrogen) atoms. The van der Waals surface area contributed by atoms with Crippen molar-refractivity contribution in [2.45, 2.75) is 13.1 Å². The average Bonchev–Trinajstić information content (AvgIpc) is 3.08. The number of hydrogen-bond donors (Lipinski definition) is 1. The molecule has 0 radical (unpaired) electrons. The molecule has 1 amide bonds. The van der Waals surface area contributed by atoms with Crippen LogP contribution in [0.2, 0.25) is 0 Å². The fraction of sp³-hybridized carbons (Fsp3) is 0.250. The number of rotatable bonds is 7. The third kappa shape index (κ3) is 4.23. The van der Waals surface area contributed by atoms with Crippen molar-refractivity contribution in [3.8, 4) is 22.9 Å². The van der Waals surface area contributed by atoms with Gasteiger partial charge in [-0.15, -0.1) is 0 Å². The highest BCUT2D eigenvalue weighted by Crippen LogP contribution is 2.22. The number of amides is 1. The van der Waals surface area contributed by atoms with Gasteiger partial charge in [-0.2, -0.15) is 5.10 Å². The van der Waals surface area contributed by atoms with Gasteiger partial charge in [-0.1, -0.05) is 18.2 Å². The van der Waals surface area contributed by atoms with Gasteiger partial charge in [0.25, 0.3) is 0 Å². The zero-order valence-electron chi connectivity index (χ0n) is 16.0. The van der Waals surface area contributed by atoms with Crippen LogP contribution in [0.15, 0.2) is 48.5 Å². The number of carbonyl (C=O) groups is 1. The quantitative estimate of drug-likeness (QED) is 0.619. The second-order valence-electron chi connectivity index (χ2n) is 6.23. The number of nitrogens with zero attached hydrogens (tertiary/aromatic N) is 3. The summed E-state index contributed by atoms with van der Waals surface area (Å²) in [5.74, 6) is 2.02. The molecule has 0 saturated carbocycles. The molecule has 1 heterocycles. The first-order valence-electron chi connectivity index (χ1n) is 8.69. The lowest BCUT2D eigenvalue weighted by Crippen LogP contribution is -2.30. The van der Waals surface area contributed by atoms with Crippen molar-refractivity contribution < 1.29 is 14.3 Å². The van der Waals surface area contributed by atoms with Crippen LogP contribution in [0.25, 0.3) is 11.4 Å². The van der Waals surface area contributed by atoms with Crippen LogP contribution in [-0.4, -0.2) is 46.8 Å². The topological polar surface area (TPSA) is 72.4 Å². The van der Waals surface area contributed by atoms with Crippen molar-refractivity contribution in [2.24, 2.45) is 0 Å². The van der Waals surface area contributed by atoms with E-state index in [0.717, 1.165) is 22.6 Å². The number of ether oxygens (including phenoxy) is 2. The van der Waals surface area contributed by atoms with Crippen molar-refractivity contribution in [1.82, 2.24) is 19.7 Å². The number of aromatic nitrogens is 3. The molecule has 0 aliphatic heterocycles. The minimum absolute atomic E-state index is 0.0850. The second kappa shape index (κ2) is 8.71. The molecule has 0 spiro atoms. The number of carbonyl (C=O) groups excluding carboxylic acids is 1. The summed E-state index contributed by atoms with van der Waals surface area (Å²) in [5, 5.41) is 7.05. The highest BCUT2D eigenvalue weighted by Gasteiger charge is 2.16. The molecule has 0 unspecified atom stereocenters. The molecular weight excluding hydrogens is 376 g/mol. The maximum atomic E-state index is 12.8. The number of aromatic amines is 1. The summed E-state index contributed by atoms with van der Waals surface area (Å²) >= 11 is 5.33. The number of para-hydroxylation sites is 1. The van der Waals surface area contributed by atoms with E-state index in [2.05, 4.69) is 10.2 Å². The lowest BCUT2D eigenvalue weighted by molar-refractivity contribution is -0.131. The smallest absolute Gasteiger partial charge is 0.242 e. The summed E-state index contributed by atoms with van der Waals surface area (Å²) in [7, 11) is 4.99. The van der Waals surface area contributed by atoms with Gasteiger partial charge in [0.15, 0.2) is 10.6 Å². The molecule has 3 rings (SSSR count). The Balaban J connectivity index is 1.78. The maximum Gasteiger partial charge on any atom is 0.242 e. The Morgan fingerprint density at radius 3 is 2.54 bits per heavy atom. The van der Waals surface area contributed by atoms with Crippen LogP contribution in [-0.2, 0) is 17.9 Å². The van der Waals surface area contributed by atoms with E-state index in [-0.39, 0.29) is 12.5 Å². The standard InChI is InChI=1S/C20H22N4O3S/c1-23(12-15-6-4-5-7-17(15)27-3)18(25)13-24-19(21-22-20(24)28)14-8-10-16(26-2)11-9-14/h4-11H,12-13H2,1-3H3,(H,22,28). The van der Waals surface area contributed by atoms with Crippen LogP contribution >= 0.6 is 12.2 Å². The zero-order chi connectivity index (χ0) is 20.1. The van der Waals surface area contributed by atoms with E-state index in [9.17, 15) is 4.79 Å². The molecule has 2 aromatic carbocycles. The van der Waals surface area contributed by atoms with Crippen LogP contribution in [0.5, 0.6) is 11.5 Å². The lowest BCUT2D eigenvalue weighted by Gasteiger charge is -2.19. The normalized spacial score (nSPS) is 10.5. The van der Waals surface area contributed by atoms with Crippen molar-refractivity contribution in [3.05, 3.63) is 58.9 Å². The molecule has 146 valence electrons. The fourth-order valence-corrected chi connectivity index (χ4v) is 3.05. The predicted molar refractivity (Wildman–Crippen MR) is 109 cm³/mol. The van der Waals surface area contributed by atoms with E-state index >= 15 is 0 Å². The molecule has 1 aromatic heterocycles. The first-order chi connectivity index (χ1) is 13.5. The predicted octanol–water partition coefficient (Wildman–Crippen LogP) is 3.28. The summed E-state index contributed by atoms with van der Waals surface area (Å²) in [5.41, 5.74) is 1.78. The lowest BCUT2D eigenvalue weighted by atomic mass is 10.2. The molecule has 3 aromatic rings. The van der Waals surface area contributed by atoms with E-state index in [1.807, 2.05) is 48.5 Å². The zero-order valence-corrected chi connectivity index (χ0v) is 16.8. The minimum atomic E-state index is -0.0850.